The third-order valence-electron chi connectivity index (χ3n) is 5.24. The maximum Gasteiger partial charge on any atom is 0.270 e. The van der Waals surface area contributed by atoms with E-state index in [1.807, 2.05) is 16.0 Å². The minimum absolute atomic E-state index is 0.0298. The fraction of sp³-hybridized carbons (Fsp3) is 0.0870. The Morgan fingerprint density at radius 3 is 2.67 bits per heavy atom. The van der Waals surface area contributed by atoms with E-state index in [1.165, 1.54) is 35.6 Å². The number of hydrogen-bond donors (Lipinski definition) is 2. The van der Waals surface area contributed by atoms with Crippen molar-refractivity contribution < 1.29 is 13.3 Å². The normalized spacial score (nSPS) is 11.6. The molecule has 2 aromatic carbocycles. The summed E-state index contributed by atoms with van der Waals surface area (Å²) in [4.78, 5) is 25.3. The van der Waals surface area contributed by atoms with Crippen molar-refractivity contribution in [3.63, 3.8) is 0 Å². The first-order valence-corrected chi connectivity index (χ1v) is 13.1. The Labute approximate surface area is 209 Å². The Hall–Kier alpha value is -4.20. The SMILES string of the molecule is O=[N+]([O-])c1cccc(-c2nc3sccn3c2-c2ccnc(NCCNS(=O)(=O)c3ccccc3)n2)c1. The van der Waals surface area contributed by atoms with E-state index < -0.39 is 14.9 Å². The summed E-state index contributed by atoms with van der Waals surface area (Å²) in [6.45, 7) is 0.388. The van der Waals surface area contributed by atoms with Crippen LogP contribution < -0.4 is 10.0 Å². The highest BCUT2D eigenvalue weighted by atomic mass is 32.2. The third-order valence-corrected chi connectivity index (χ3v) is 7.48. The molecule has 0 unspecified atom stereocenters. The van der Waals surface area contributed by atoms with Crippen LogP contribution in [0.3, 0.4) is 0 Å². The molecule has 0 fully saturated rings. The smallest absolute Gasteiger partial charge is 0.270 e. The van der Waals surface area contributed by atoms with Crippen LogP contribution in [-0.2, 0) is 10.0 Å². The van der Waals surface area contributed by atoms with Gasteiger partial charge in [-0.1, -0.05) is 30.3 Å². The maximum absolute atomic E-state index is 12.4. The van der Waals surface area contributed by atoms with Gasteiger partial charge in [-0.25, -0.2) is 28.1 Å². The van der Waals surface area contributed by atoms with Crippen LogP contribution in [0, 0.1) is 10.1 Å². The number of nitro groups is 1. The van der Waals surface area contributed by atoms with Crippen molar-refractivity contribution in [3.8, 4) is 22.6 Å². The zero-order valence-electron chi connectivity index (χ0n) is 18.6. The summed E-state index contributed by atoms with van der Waals surface area (Å²) in [7, 11) is -3.61. The summed E-state index contributed by atoms with van der Waals surface area (Å²) in [6, 6.07) is 16.1. The molecule has 2 N–H and O–H groups in total. The van der Waals surface area contributed by atoms with E-state index in [-0.39, 0.29) is 23.7 Å². The lowest BCUT2D eigenvalue weighted by Crippen LogP contribution is -2.29. The van der Waals surface area contributed by atoms with Gasteiger partial charge in [0.25, 0.3) is 5.69 Å². The number of nitro benzene ring substituents is 1. The number of anilines is 1. The molecule has 5 aromatic rings. The van der Waals surface area contributed by atoms with Crippen molar-refractivity contribution in [1.29, 1.82) is 0 Å². The number of benzene rings is 2. The first kappa shape index (κ1) is 23.5. The molecule has 0 radical (unpaired) electrons. The standard InChI is InChI=1S/C23H19N7O4S2/c31-30(32)17-6-4-5-16(15-17)20-21(29-13-14-35-23(29)28-20)19-9-10-24-22(27-19)25-11-12-26-36(33,34)18-7-2-1-3-8-18/h1-10,13-15,26H,11-12H2,(H,24,25,27). The van der Waals surface area contributed by atoms with Crippen molar-refractivity contribution in [1.82, 2.24) is 24.1 Å². The van der Waals surface area contributed by atoms with E-state index in [1.54, 1.807) is 42.6 Å². The van der Waals surface area contributed by atoms with Gasteiger partial charge in [0.2, 0.25) is 16.0 Å². The molecule has 0 amide bonds. The highest BCUT2D eigenvalue weighted by Gasteiger charge is 2.20. The molecule has 13 heteroatoms. The van der Waals surface area contributed by atoms with Gasteiger partial charge in [0.1, 0.15) is 11.4 Å². The number of non-ortho nitro benzene ring substituents is 1. The highest BCUT2D eigenvalue weighted by Crippen LogP contribution is 2.34. The Kier molecular flexibility index (Phi) is 6.41. The number of imidazole rings is 1. The van der Waals surface area contributed by atoms with Crippen LogP contribution in [0.1, 0.15) is 0 Å². The lowest BCUT2D eigenvalue weighted by Gasteiger charge is -2.09. The number of hydrogen-bond acceptors (Lipinski definition) is 9. The molecule has 36 heavy (non-hydrogen) atoms. The third kappa shape index (κ3) is 4.79. The second-order valence-corrected chi connectivity index (χ2v) is 10.2. The van der Waals surface area contributed by atoms with Gasteiger partial charge in [0, 0.05) is 48.6 Å². The first-order valence-electron chi connectivity index (χ1n) is 10.7. The van der Waals surface area contributed by atoms with Crippen LogP contribution in [-0.4, -0.2) is 45.8 Å². The number of sulfonamides is 1. The van der Waals surface area contributed by atoms with Crippen LogP contribution in [0.5, 0.6) is 0 Å². The second-order valence-electron chi connectivity index (χ2n) is 7.58. The quantitative estimate of drug-likeness (QED) is 0.169. The molecule has 0 saturated heterocycles. The van der Waals surface area contributed by atoms with Crippen molar-refractivity contribution in [2.75, 3.05) is 18.4 Å². The van der Waals surface area contributed by atoms with E-state index in [4.69, 9.17) is 0 Å². The topological polar surface area (TPSA) is 144 Å². The number of nitrogens with zero attached hydrogens (tertiary/aromatic N) is 5. The number of nitrogens with one attached hydrogen (secondary N) is 2. The average Bonchev–Trinajstić information content (AvgIpc) is 3.49. The Balaban J connectivity index is 1.38. The van der Waals surface area contributed by atoms with Crippen molar-refractivity contribution in [3.05, 3.63) is 88.6 Å². The molecule has 11 nitrogen and oxygen atoms in total. The van der Waals surface area contributed by atoms with E-state index >= 15 is 0 Å². The Bertz CT molecular complexity index is 1650. The van der Waals surface area contributed by atoms with Crippen molar-refractivity contribution >= 4 is 38.0 Å². The van der Waals surface area contributed by atoms with Gasteiger partial charge in [-0.05, 0) is 18.2 Å². The van der Waals surface area contributed by atoms with Gasteiger partial charge in [-0.3, -0.25) is 14.5 Å². The fourth-order valence-corrected chi connectivity index (χ4v) is 5.38. The zero-order valence-corrected chi connectivity index (χ0v) is 20.2. The summed E-state index contributed by atoms with van der Waals surface area (Å²) < 4.78 is 29.2. The summed E-state index contributed by atoms with van der Waals surface area (Å²) in [5.41, 5.74) is 2.36. The van der Waals surface area contributed by atoms with Crippen LogP contribution in [0.4, 0.5) is 11.6 Å². The van der Waals surface area contributed by atoms with E-state index in [2.05, 4.69) is 25.0 Å². The second kappa shape index (κ2) is 9.81. The monoisotopic (exact) mass is 521 g/mol. The minimum atomic E-state index is -3.61. The largest absolute Gasteiger partial charge is 0.353 e. The first-order chi connectivity index (χ1) is 17.4. The number of aromatic nitrogens is 4. The molecule has 0 atom stereocenters. The minimum Gasteiger partial charge on any atom is -0.353 e. The van der Waals surface area contributed by atoms with Gasteiger partial charge >= 0.3 is 0 Å². The van der Waals surface area contributed by atoms with Gasteiger partial charge in [-0.2, -0.15) is 0 Å². The number of rotatable bonds is 9. The van der Waals surface area contributed by atoms with Crippen molar-refractivity contribution in [2.45, 2.75) is 4.90 Å². The molecular weight excluding hydrogens is 502 g/mol. The van der Waals surface area contributed by atoms with Gasteiger partial charge in [0.05, 0.1) is 15.5 Å². The molecule has 182 valence electrons. The average molecular weight is 522 g/mol. The summed E-state index contributed by atoms with van der Waals surface area (Å²) in [6.07, 6.45) is 3.44. The molecule has 0 saturated carbocycles. The van der Waals surface area contributed by atoms with Crippen LogP contribution >= 0.6 is 11.3 Å². The summed E-state index contributed by atoms with van der Waals surface area (Å²) in [5.74, 6) is 0.307. The molecular formula is C23H19N7O4S2. The molecule has 0 spiro atoms. The number of thiazole rings is 1. The summed E-state index contributed by atoms with van der Waals surface area (Å²) in [5, 5.41) is 16.2. The fourth-order valence-electron chi connectivity index (χ4n) is 3.62. The zero-order chi connectivity index (χ0) is 25.1. The highest BCUT2D eigenvalue weighted by molar-refractivity contribution is 7.89. The summed E-state index contributed by atoms with van der Waals surface area (Å²) >= 11 is 1.44. The Morgan fingerprint density at radius 2 is 1.86 bits per heavy atom. The predicted molar refractivity (Wildman–Crippen MR) is 136 cm³/mol. The van der Waals surface area contributed by atoms with E-state index in [0.717, 1.165) is 4.96 Å². The van der Waals surface area contributed by atoms with Gasteiger partial charge in [-0.15, -0.1) is 11.3 Å². The van der Waals surface area contributed by atoms with Gasteiger partial charge < -0.3 is 5.32 Å². The molecule has 3 aromatic heterocycles. The van der Waals surface area contributed by atoms with Crippen LogP contribution in [0.25, 0.3) is 27.6 Å². The maximum atomic E-state index is 12.4. The molecule has 5 rings (SSSR count). The lowest BCUT2D eigenvalue weighted by molar-refractivity contribution is -0.384. The van der Waals surface area contributed by atoms with E-state index in [0.29, 0.717) is 28.6 Å². The molecule has 0 bridgehead atoms. The van der Waals surface area contributed by atoms with Crippen LogP contribution in [0.15, 0.2) is 83.3 Å². The lowest BCUT2D eigenvalue weighted by atomic mass is 10.1. The molecule has 0 aliphatic carbocycles. The van der Waals surface area contributed by atoms with E-state index in [9.17, 15) is 18.5 Å². The Morgan fingerprint density at radius 1 is 1.03 bits per heavy atom. The van der Waals surface area contributed by atoms with Gasteiger partial charge in [0.15, 0.2) is 4.96 Å². The molecule has 0 aliphatic heterocycles. The molecule has 0 aliphatic rings. The van der Waals surface area contributed by atoms with Crippen LogP contribution in [0.2, 0.25) is 0 Å². The predicted octanol–water partition coefficient (Wildman–Crippen LogP) is 3.82. The number of fused-ring (bicyclic) bond motifs is 1. The van der Waals surface area contributed by atoms with Crippen molar-refractivity contribution in [2.24, 2.45) is 0 Å². The molecule has 3 heterocycles.